The Balaban J connectivity index is 1.16. The number of aliphatic carboxylic acids is 1. The first kappa shape index (κ1) is 28.7. The van der Waals surface area contributed by atoms with Crippen LogP contribution in [-0.2, 0) is 29.0 Å². The van der Waals surface area contributed by atoms with Crippen molar-refractivity contribution in [1.29, 1.82) is 0 Å². The summed E-state index contributed by atoms with van der Waals surface area (Å²) in [6.45, 7) is 3.20. The van der Waals surface area contributed by atoms with Gasteiger partial charge in [0.15, 0.2) is 0 Å². The summed E-state index contributed by atoms with van der Waals surface area (Å²) in [6.07, 6.45) is 5.98. The maximum Gasteiger partial charge on any atom is 0.326 e. The van der Waals surface area contributed by atoms with Gasteiger partial charge in [-0.2, -0.15) is 0 Å². The van der Waals surface area contributed by atoms with E-state index < -0.39 is 41.2 Å². The fraction of sp³-hybridized carbons (Fsp3) is 0.387. The number of nitrogens with zero attached hydrogens (tertiary/aromatic N) is 1. The maximum atomic E-state index is 13.6. The zero-order valence-electron chi connectivity index (χ0n) is 22.9. The average molecular weight is 615 g/mol. The molecular formula is C31H30Cl2FN3O5. The molecule has 2 aromatic carbocycles. The molecule has 2 aromatic rings. The van der Waals surface area contributed by atoms with E-state index >= 15 is 0 Å². The standard InChI is InChI=1S/C31H30Cl2FN3O5/c1-16(36-31(30(40)41)14-25(31)35-28(38)18-3-2-4-21(34)11-18)26-23(32)12-20-15-37(9-7-22(20)27(26)33)29(39)19-6-5-17-8-10-42-24(17)13-19/h2,4-6,11-13,16,18,25,36H,3,7-10,14-15H2,1H3,(H,35,38)(H,40,41)/t16?,18?,25?,31-/m1/s1. The predicted molar refractivity (Wildman–Crippen MR) is 155 cm³/mol. The monoisotopic (exact) mass is 613 g/mol. The highest BCUT2D eigenvalue weighted by Gasteiger charge is 2.62. The van der Waals surface area contributed by atoms with E-state index in [1.54, 1.807) is 30.0 Å². The third-order valence-corrected chi connectivity index (χ3v) is 9.35. The second kappa shape index (κ2) is 11.0. The van der Waals surface area contributed by atoms with Crippen LogP contribution >= 0.6 is 23.2 Å². The number of allylic oxidation sites excluding steroid dienone is 3. The van der Waals surface area contributed by atoms with E-state index in [2.05, 4.69) is 10.6 Å². The molecule has 4 aliphatic rings. The Hall–Kier alpha value is -3.40. The van der Waals surface area contributed by atoms with E-state index in [0.29, 0.717) is 53.7 Å². The summed E-state index contributed by atoms with van der Waals surface area (Å²) in [5, 5.41) is 16.8. The Labute approximate surface area is 252 Å². The molecular weight excluding hydrogens is 584 g/mol. The molecule has 0 saturated heterocycles. The molecule has 6 rings (SSSR count). The Kier molecular flexibility index (Phi) is 7.53. The number of benzene rings is 2. The summed E-state index contributed by atoms with van der Waals surface area (Å²) in [5.74, 6) is -2.06. The van der Waals surface area contributed by atoms with Gasteiger partial charge in [0, 0.05) is 48.1 Å². The van der Waals surface area contributed by atoms with Crippen molar-refractivity contribution in [3.63, 3.8) is 0 Å². The molecule has 2 aliphatic heterocycles. The number of fused-ring (bicyclic) bond motifs is 2. The van der Waals surface area contributed by atoms with Gasteiger partial charge >= 0.3 is 5.97 Å². The number of halogens is 3. The summed E-state index contributed by atoms with van der Waals surface area (Å²) < 4.78 is 19.2. The highest BCUT2D eigenvalue weighted by atomic mass is 35.5. The van der Waals surface area contributed by atoms with E-state index in [1.165, 1.54) is 12.2 Å². The van der Waals surface area contributed by atoms with Crippen LogP contribution in [0.25, 0.3) is 0 Å². The number of amides is 2. The number of hydrogen-bond donors (Lipinski definition) is 3. The molecule has 1 fully saturated rings. The van der Waals surface area contributed by atoms with E-state index in [1.807, 2.05) is 12.1 Å². The molecule has 11 heteroatoms. The highest BCUT2D eigenvalue weighted by Crippen LogP contribution is 2.43. The molecule has 2 heterocycles. The van der Waals surface area contributed by atoms with Crippen LogP contribution in [0.3, 0.4) is 0 Å². The SMILES string of the molecule is CC(N[C@]1(C(=O)O)CC1NC(=O)C1C=C(F)C=CC1)c1c(Cl)cc2c(c1Cl)CCN(C(=O)c1ccc3c(c1)OCC3)C2. The Morgan fingerprint density at radius 2 is 2.00 bits per heavy atom. The molecule has 2 amide bonds. The number of carbonyl (C=O) groups is 3. The van der Waals surface area contributed by atoms with Crippen LogP contribution < -0.4 is 15.4 Å². The van der Waals surface area contributed by atoms with E-state index in [9.17, 15) is 23.9 Å². The fourth-order valence-corrected chi connectivity index (χ4v) is 7.10. The Morgan fingerprint density at radius 1 is 1.19 bits per heavy atom. The second-order valence-corrected chi connectivity index (χ2v) is 12.1. The summed E-state index contributed by atoms with van der Waals surface area (Å²) in [5.41, 5.74) is 2.53. The molecule has 3 N–H and O–H groups in total. The molecule has 2 aliphatic carbocycles. The van der Waals surface area contributed by atoms with Crippen LogP contribution in [-0.4, -0.2) is 52.5 Å². The molecule has 220 valence electrons. The largest absolute Gasteiger partial charge is 0.493 e. The van der Waals surface area contributed by atoms with Crippen molar-refractivity contribution < 1.29 is 28.6 Å². The molecule has 3 unspecified atom stereocenters. The predicted octanol–water partition coefficient (Wildman–Crippen LogP) is 4.92. The van der Waals surface area contributed by atoms with Crippen LogP contribution in [0.1, 0.15) is 58.4 Å². The van der Waals surface area contributed by atoms with Gasteiger partial charge in [0.1, 0.15) is 17.1 Å². The minimum atomic E-state index is -1.41. The zero-order chi connectivity index (χ0) is 29.8. The quantitative estimate of drug-likeness (QED) is 0.409. The molecule has 0 radical (unpaired) electrons. The minimum Gasteiger partial charge on any atom is -0.493 e. The maximum absolute atomic E-state index is 13.6. The summed E-state index contributed by atoms with van der Waals surface area (Å²) in [6, 6.07) is 6.11. The van der Waals surface area contributed by atoms with E-state index in [-0.39, 0.29) is 12.3 Å². The minimum absolute atomic E-state index is 0.0991. The van der Waals surface area contributed by atoms with Gasteiger partial charge in [0.2, 0.25) is 5.91 Å². The second-order valence-electron chi connectivity index (χ2n) is 11.3. The van der Waals surface area contributed by atoms with Gasteiger partial charge in [-0.05, 0) is 66.8 Å². The third kappa shape index (κ3) is 5.18. The van der Waals surface area contributed by atoms with Crippen molar-refractivity contribution in [2.75, 3.05) is 13.2 Å². The lowest BCUT2D eigenvalue weighted by Crippen LogP contribution is -2.48. The van der Waals surface area contributed by atoms with Crippen molar-refractivity contribution in [3.8, 4) is 5.75 Å². The fourth-order valence-electron chi connectivity index (χ4n) is 6.18. The number of ether oxygens (including phenoxy) is 1. The van der Waals surface area contributed by atoms with E-state index in [4.69, 9.17) is 27.9 Å². The van der Waals surface area contributed by atoms with Crippen molar-refractivity contribution in [3.05, 3.63) is 86.2 Å². The molecule has 4 atom stereocenters. The van der Waals surface area contributed by atoms with Gasteiger partial charge in [-0.15, -0.1) is 0 Å². The first-order valence-electron chi connectivity index (χ1n) is 14.0. The molecule has 0 spiro atoms. The van der Waals surface area contributed by atoms with Crippen LogP contribution in [0.15, 0.2) is 48.3 Å². The smallest absolute Gasteiger partial charge is 0.326 e. The molecule has 1 saturated carbocycles. The number of carboxylic acid groups (broad SMARTS) is 1. The topological polar surface area (TPSA) is 108 Å². The van der Waals surface area contributed by atoms with Gasteiger partial charge in [0.25, 0.3) is 5.91 Å². The molecule has 0 bridgehead atoms. The Morgan fingerprint density at radius 3 is 2.76 bits per heavy atom. The van der Waals surface area contributed by atoms with Crippen LogP contribution in [0.4, 0.5) is 4.39 Å². The van der Waals surface area contributed by atoms with Crippen molar-refractivity contribution in [2.45, 2.75) is 56.8 Å². The van der Waals surface area contributed by atoms with Gasteiger partial charge in [-0.3, -0.25) is 19.7 Å². The first-order valence-corrected chi connectivity index (χ1v) is 14.7. The van der Waals surface area contributed by atoms with E-state index in [0.717, 1.165) is 28.9 Å². The van der Waals surface area contributed by atoms with Crippen molar-refractivity contribution in [1.82, 2.24) is 15.5 Å². The number of carboxylic acids is 1. The lowest BCUT2D eigenvalue weighted by molar-refractivity contribution is -0.141. The lowest BCUT2D eigenvalue weighted by atomic mass is 9.93. The average Bonchev–Trinajstić information content (AvgIpc) is 3.43. The van der Waals surface area contributed by atoms with Gasteiger partial charge in [0.05, 0.1) is 23.6 Å². The van der Waals surface area contributed by atoms with Crippen LogP contribution in [0.5, 0.6) is 5.75 Å². The van der Waals surface area contributed by atoms with Crippen LogP contribution in [0, 0.1) is 5.92 Å². The van der Waals surface area contributed by atoms with Crippen LogP contribution in [0.2, 0.25) is 10.0 Å². The summed E-state index contributed by atoms with van der Waals surface area (Å²) >= 11 is 13.6. The molecule has 0 aromatic heterocycles. The molecule has 8 nitrogen and oxygen atoms in total. The van der Waals surface area contributed by atoms with Crippen molar-refractivity contribution >= 4 is 41.0 Å². The zero-order valence-corrected chi connectivity index (χ0v) is 24.4. The normalized spacial score (nSPS) is 24.7. The summed E-state index contributed by atoms with van der Waals surface area (Å²) in [4.78, 5) is 40.1. The van der Waals surface area contributed by atoms with Gasteiger partial charge in [-0.1, -0.05) is 35.3 Å². The Bertz CT molecular complexity index is 1560. The number of rotatable bonds is 7. The summed E-state index contributed by atoms with van der Waals surface area (Å²) in [7, 11) is 0. The van der Waals surface area contributed by atoms with Gasteiger partial charge in [-0.25, -0.2) is 4.39 Å². The number of hydrogen-bond acceptors (Lipinski definition) is 5. The number of nitrogens with one attached hydrogen (secondary N) is 2. The first-order chi connectivity index (χ1) is 20.1. The lowest BCUT2D eigenvalue weighted by Gasteiger charge is -2.32. The van der Waals surface area contributed by atoms with Crippen molar-refractivity contribution in [2.24, 2.45) is 5.92 Å². The number of carbonyl (C=O) groups excluding carboxylic acids is 2. The highest BCUT2D eigenvalue weighted by molar-refractivity contribution is 6.36. The van der Waals surface area contributed by atoms with Gasteiger partial charge < -0.3 is 20.1 Å². The molecule has 42 heavy (non-hydrogen) atoms. The third-order valence-electron chi connectivity index (χ3n) is 8.60.